The van der Waals surface area contributed by atoms with Crippen LogP contribution < -0.4 is 0 Å². The summed E-state index contributed by atoms with van der Waals surface area (Å²) in [5.41, 5.74) is 7.05. The van der Waals surface area contributed by atoms with Crippen molar-refractivity contribution in [1.82, 2.24) is 9.97 Å². The first-order chi connectivity index (χ1) is 22.8. The fraction of sp³-hybridized carbons (Fsp3) is 0.419. The van der Waals surface area contributed by atoms with Gasteiger partial charge in [-0.2, -0.15) is 0 Å². The second-order valence-electron chi connectivity index (χ2n) is 14.8. The molecule has 1 aliphatic carbocycles. The number of aromatic nitrogens is 2. The summed E-state index contributed by atoms with van der Waals surface area (Å²) in [5, 5.41) is 13.9. The van der Waals surface area contributed by atoms with Crippen LogP contribution in [0.2, 0.25) is 0 Å². The van der Waals surface area contributed by atoms with Gasteiger partial charge in [-0.3, -0.25) is 14.8 Å². The van der Waals surface area contributed by atoms with Crippen molar-refractivity contribution in [2.45, 2.75) is 106 Å². The van der Waals surface area contributed by atoms with Crippen LogP contribution in [0.25, 0.3) is 42.6 Å². The number of hydrogen-bond acceptors (Lipinski definition) is 5. The third-order valence-electron chi connectivity index (χ3n) is 10.9. The molecule has 4 nitrogen and oxygen atoms in total. The van der Waals surface area contributed by atoms with Gasteiger partial charge in [0.05, 0.1) is 0 Å². The van der Waals surface area contributed by atoms with E-state index in [1.54, 1.807) is 0 Å². The number of fused-ring (bicyclic) bond motifs is 6. The molecule has 1 aliphatic rings. The molecule has 0 saturated carbocycles. The molecule has 2 aromatic carbocycles. The van der Waals surface area contributed by atoms with E-state index in [0.717, 1.165) is 55.2 Å². The second-order valence-corrected chi connectivity index (χ2v) is 15.8. The number of carbonyl (C=O) groups excluding carboxylic acids is 1. The predicted molar refractivity (Wildman–Crippen MR) is 204 cm³/mol. The molecule has 261 valence electrons. The zero-order chi connectivity index (χ0) is 34.9. The first kappa shape index (κ1) is 38.6. The van der Waals surface area contributed by atoms with Crippen LogP contribution in [0.3, 0.4) is 0 Å². The molecule has 6 rings (SSSR count). The molecule has 0 bridgehead atoms. The van der Waals surface area contributed by atoms with Crippen LogP contribution in [0.15, 0.2) is 72.9 Å². The van der Waals surface area contributed by atoms with E-state index in [0.29, 0.717) is 0 Å². The standard InChI is InChI=1S/C28H23N2S.C15H28O2.Ir/c1-28(2,3)23-15-19(14-17-6-4-5-7-20(17)23)26-25-22-9-8-18-16-29-12-10-21(18)27(22)31-24(25)11-13-30-26;1-7-14(5,8-2)12(16)11-13(17)15(6,9-3)10-4;/h4-7,10-13,15-16H,8-9H2,1-3H3;11,16H,7-10H2,1-6H3;/q-1;;/b;12-11-;. The van der Waals surface area contributed by atoms with E-state index in [9.17, 15) is 9.90 Å². The molecular weight excluding hydrogens is 801 g/mol. The number of aliphatic hydroxyl groups excluding tert-OH is 1. The normalized spacial score (nSPS) is 13.3. The van der Waals surface area contributed by atoms with Gasteiger partial charge in [0.15, 0.2) is 5.78 Å². The Balaban J connectivity index is 0.000000260. The van der Waals surface area contributed by atoms with E-state index in [2.05, 4.69) is 74.3 Å². The first-order valence-electron chi connectivity index (χ1n) is 17.5. The van der Waals surface area contributed by atoms with E-state index < -0.39 is 0 Å². The van der Waals surface area contributed by atoms with Crippen molar-refractivity contribution in [3.05, 3.63) is 95.6 Å². The van der Waals surface area contributed by atoms with E-state index in [1.807, 2.05) is 71.5 Å². The molecule has 0 amide bonds. The molecule has 49 heavy (non-hydrogen) atoms. The minimum Gasteiger partial charge on any atom is -0.512 e. The molecule has 1 N–H and O–H groups in total. The number of thiophene rings is 1. The zero-order valence-electron chi connectivity index (χ0n) is 30.6. The Morgan fingerprint density at radius 3 is 2.24 bits per heavy atom. The van der Waals surface area contributed by atoms with Gasteiger partial charge in [-0.15, -0.1) is 40.5 Å². The maximum atomic E-state index is 12.2. The van der Waals surface area contributed by atoms with Gasteiger partial charge in [-0.1, -0.05) is 91.5 Å². The van der Waals surface area contributed by atoms with Crippen molar-refractivity contribution in [2.24, 2.45) is 10.8 Å². The molecule has 0 atom stereocenters. The van der Waals surface area contributed by atoms with E-state index in [-0.39, 0.29) is 47.9 Å². The largest absolute Gasteiger partial charge is 0.512 e. The summed E-state index contributed by atoms with van der Waals surface area (Å²) in [6.07, 6.45) is 12.7. The molecule has 1 radical (unpaired) electrons. The summed E-state index contributed by atoms with van der Waals surface area (Å²) in [5.74, 6) is 0.286. The number of hydrogen-bond donors (Lipinski definition) is 1. The Morgan fingerprint density at radius 2 is 1.59 bits per heavy atom. The molecule has 3 aromatic heterocycles. The Morgan fingerprint density at radius 1 is 0.918 bits per heavy atom. The molecule has 0 unspecified atom stereocenters. The van der Waals surface area contributed by atoms with Crippen LogP contribution in [-0.4, -0.2) is 20.9 Å². The molecule has 0 aliphatic heterocycles. The van der Waals surface area contributed by atoms with E-state index >= 15 is 0 Å². The van der Waals surface area contributed by atoms with Gasteiger partial charge in [-0.05, 0) is 78.1 Å². The summed E-state index contributed by atoms with van der Waals surface area (Å²) in [6.45, 7) is 18.9. The monoisotopic (exact) mass is 852 g/mol. The van der Waals surface area contributed by atoms with Gasteiger partial charge in [-0.25, -0.2) is 0 Å². The minimum atomic E-state index is -0.337. The number of rotatable bonds is 8. The molecule has 0 spiro atoms. The van der Waals surface area contributed by atoms with Crippen molar-refractivity contribution in [2.75, 3.05) is 0 Å². The van der Waals surface area contributed by atoms with Gasteiger partial charge in [0.1, 0.15) is 5.76 Å². The van der Waals surface area contributed by atoms with Crippen LogP contribution in [0, 0.1) is 16.9 Å². The van der Waals surface area contributed by atoms with Gasteiger partial charge in [0.2, 0.25) is 0 Å². The molecule has 3 heterocycles. The van der Waals surface area contributed by atoms with Crippen molar-refractivity contribution < 1.29 is 30.0 Å². The number of pyridine rings is 2. The average molecular weight is 852 g/mol. The maximum Gasteiger partial charge on any atom is 0.164 e. The Bertz CT molecular complexity index is 1980. The Kier molecular flexibility index (Phi) is 12.1. The van der Waals surface area contributed by atoms with E-state index in [4.69, 9.17) is 4.98 Å². The molecule has 6 heteroatoms. The summed E-state index contributed by atoms with van der Waals surface area (Å²) in [7, 11) is 0. The van der Waals surface area contributed by atoms with Crippen LogP contribution in [-0.2, 0) is 43.2 Å². The molecule has 0 fully saturated rings. The van der Waals surface area contributed by atoms with E-state index in [1.165, 1.54) is 48.7 Å². The summed E-state index contributed by atoms with van der Waals surface area (Å²) in [4.78, 5) is 22.8. The van der Waals surface area contributed by atoms with Crippen molar-refractivity contribution in [1.29, 1.82) is 0 Å². The topological polar surface area (TPSA) is 63.1 Å². The van der Waals surface area contributed by atoms with Crippen molar-refractivity contribution in [3.8, 4) is 21.7 Å². The number of aliphatic hydroxyl groups is 1. The Labute approximate surface area is 310 Å². The average Bonchev–Trinajstić information content (AvgIpc) is 3.49. The summed E-state index contributed by atoms with van der Waals surface area (Å²) in [6, 6.07) is 18.9. The zero-order valence-corrected chi connectivity index (χ0v) is 33.8. The van der Waals surface area contributed by atoms with Gasteiger partial charge >= 0.3 is 0 Å². The number of allylic oxidation sites excluding steroid dienone is 2. The smallest absolute Gasteiger partial charge is 0.164 e. The summed E-state index contributed by atoms with van der Waals surface area (Å²) >= 11 is 1.88. The fourth-order valence-corrected chi connectivity index (χ4v) is 7.84. The number of carbonyl (C=O) groups is 1. The third-order valence-corrected chi connectivity index (χ3v) is 12.2. The predicted octanol–water partition coefficient (Wildman–Crippen LogP) is 12.0. The first-order valence-corrected chi connectivity index (χ1v) is 18.4. The fourth-order valence-electron chi connectivity index (χ4n) is 6.54. The minimum absolute atomic E-state index is 0. The molecule has 5 aromatic rings. The summed E-state index contributed by atoms with van der Waals surface area (Å²) < 4.78 is 1.30. The Hall–Kier alpha value is -3.18. The molecular formula is C43H51IrN2O2S-. The van der Waals surface area contributed by atoms with Crippen LogP contribution in [0.1, 0.15) is 105 Å². The van der Waals surface area contributed by atoms with Crippen molar-refractivity contribution in [3.63, 3.8) is 0 Å². The third kappa shape index (κ3) is 7.62. The quantitative estimate of drug-likeness (QED) is 0.0960. The van der Waals surface area contributed by atoms with Gasteiger partial charge < -0.3 is 5.11 Å². The van der Waals surface area contributed by atoms with Gasteiger partial charge in [0, 0.05) is 70.9 Å². The number of aryl methyl sites for hydroxylation is 2. The number of nitrogens with zero attached hydrogens (tertiary/aromatic N) is 2. The maximum absolute atomic E-state index is 12.2. The number of benzene rings is 2. The van der Waals surface area contributed by atoms with Gasteiger partial charge in [0.25, 0.3) is 0 Å². The SMILES string of the molecule is CC(C)(C)c1cc(-c2nccc3sc4c(c23)CCc2cnccc2-4)[c-]c2ccccc12.CCC(C)(CC)C(=O)/C=C(\O)C(C)(CC)CC.[Ir]. The van der Waals surface area contributed by atoms with Crippen LogP contribution in [0.5, 0.6) is 0 Å². The second kappa shape index (κ2) is 15.4. The van der Waals surface area contributed by atoms with Crippen LogP contribution >= 0.6 is 11.3 Å². The number of ketones is 1. The van der Waals surface area contributed by atoms with Crippen molar-refractivity contribution >= 4 is 38.0 Å². The molecule has 0 saturated heterocycles. The van der Waals surface area contributed by atoms with Crippen LogP contribution in [0.4, 0.5) is 0 Å².